The zero-order valence-electron chi connectivity index (χ0n) is 8.50. The van der Waals surface area contributed by atoms with Crippen molar-refractivity contribution in [1.29, 1.82) is 0 Å². The number of alkyl halides is 3. The fourth-order valence-corrected chi connectivity index (χ4v) is 0.971. The molecule has 0 fully saturated rings. The summed E-state index contributed by atoms with van der Waals surface area (Å²) in [4.78, 5) is 7.68. The second kappa shape index (κ2) is 6.39. The molecule has 90 valence electrons. The molecule has 1 N–H and O–H groups in total. The van der Waals surface area contributed by atoms with E-state index in [9.17, 15) is 13.2 Å². The van der Waals surface area contributed by atoms with Gasteiger partial charge < -0.3 is 10.1 Å². The Labute approximate surface area is 90.9 Å². The van der Waals surface area contributed by atoms with E-state index in [0.717, 1.165) is 5.69 Å². The molecule has 4 nitrogen and oxygen atoms in total. The highest BCUT2D eigenvalue weighted by Gasteiger charge is 2.27. The predicted molar refractivity (Wildman–Crippen MR) is 50.6 cm³/mol. The lowest BCUT2D eigenvalue weighted by molar-refractivity contribution is -0.173. The first-order valence-corrected chi connectivity index (χ1v) is 4.68. The van der Waals surface area contributed by atoms with E-state index in [1.54, 1.807) is 12.3 Å². The molecule has 1 rings (SSSR count). The summed E-state index contributed by atoms with van der Waals surface area (Å²) in [5.41, 5.74) is 0.783. The van der Waals surface area contributed by atoms with Crippen LogP contribution in [0.1, 0.15) is 5.69 Å². The minimum atomic E-state index is -4.26. The Bertz CT molecular complexity index is 292. The highest BCUT2D eigenvalue weighted by molar-refractivity contribution is 4.96. The standard InChI is InChI=1S/C9H12F3N3O/c10-9(11,12)6-16-4-3-13-5-8-1-2-14-7-15-8/h1-2,7,13H,3-6H2. The van der Waals surface area contributed by atoms with E-state index in [1.807, 2.05) is 0 Å². The van der Waals surface area contributed by atoms with Crippen molar-refractivity contribution in [2.24, 2.45) is 0 Å². The first kappa shape index (κ1) is 12.9. The Morgan fingerprint density at radius 1 is 1.38 bits per heavy atom. The van der Waals surface area contributed by atoms with E-state index in [4.69, 9.17) is 0 Å². The quantitative estimate of drug-likeness (QED) is 0.751. The van der Waals surface area contributed by atoms with Crippen molar-refractivity contribution in [3.8, 4) is 0 Å². The van der Waals surface area contributed by atoms with Crippen LogP contribution in [0, 0.1) is 0 Å². The predicted octanol–water partition coefficient (Wildman–Crippen LogP) is 1.15. The van der Waals surface area contributed by atoms with Crippen LogP contribution in [0.3, 0.4) is 0 Å². The number of hydrogen-bond acceptors (Lipinski definition) is 4. The van der Waals surface area contributed by atoms with Crippen molar-refractivity contribution in [3.05, 3.63) is 24.3 Å². The summed E-state index contributed by atoms with van der Waals surface area (Å²) in [5, 5.41) is 2.91. The molecule has 0 amide bonds. The molecule has 1 heterocycles. The summed E-state index contributed by atoms with van der Waals surface area (Å²) in [6.07, 6.45) is -1.24. The molecule has 1 aromatic rings. The van der Waals surface area contributed by atoms with Crippen molar-refractivity contribution in [2.75, 3.05) is 19.8 Å². The molecule has 0 aliphatic carbocycles. The van der Waals surface area contributed by atoms with Crippen LogP contribution in [-0.4, -0.2) is 35.9 Å². The molecule has 7 heteroatoms. The van der Waals surface area contributed by atoms with Gasteiger partial charge in [0.25, 0.3) is 0 Å². The number of nitrogens with one attached hydrogen (secondary N) is 1. The summed E-state index contributed by atoms with van der Waals surface area (Å²) in [6, 6.07) is 1.73. The van der Waals surface area contributed by atoms with Gasteiger partial charge in [0.1, 0.15) is 12.9 Å². The van der Waals surface area contributed by atoms with Crippen molar-refractivity contribution < 1.29 is 17.9 Å². The first-order chi connectivity index (χ1) is 7.58. The largest absolute Gasteiger partial charge is 0.411 e. The van der Waals surface area contributed by atoms with Crippen molar-refractivity contribution in [1.82, 2.24) is 15.3 Å². The van der Waals surface area contributed by atoms with Gasteiger partial charge in [-0.25, -0.2) is 9.97 Å². The molecule has 0 aliphatic heterocycles. The Kier molecular flexibility index (Phi) is 5.13. The summed E-state index contributed by atoms with van der Waals surface area (Å²) >= 11 is 0. The molecule has 0 saturated heterocycles. The summed E-state index contributed by atoms with van der Waals surface area (Å²) in [7, 11) is 0. The van der Waals surface area contributed by atoms with Gasteiger partial charge >= 0.3 is 6.18 Å². The molecule has 0 unspecified atom stereocenters. The zero-order chi connectivity index (χ0) is 11.9. The van der Waals surface area contributed by atoms with Crippen LogP contribution in [0.15, 0.2) is 18.6 Å². The van der Waals surface area contributed by atoms with Gasteiger partial charge in [-0.15, -0.1) is 0 Å². The lowest BCUT2D eigenvalue weighted by atomic mass is 10.4. The Hall–Kier alpha value is -1.21. The van der Waals surface area contributed by atoms with Crippen LogP contribution < -0.4 is 5.32 Å². The number of halogens is 3. The SMILES string of the molecule is FC(F)(F)COCCNCc1ccncn1. The van der Waals surface area contributed by atoms with E-state index < -0.39 is 12.8 Å². The maximum atomic E-state index is 11.7. The van der Waals surface area contributed by atoms with Crippen LogP contribution in [0.2, 0.25) is 0 Å². The van der Waals surface area contributed by atoms with Crippen molar-refractivity contribution >= 4 is 0 Å². The summed E-state index contributed by atoms with van der Waals surface area (Å²) < 4.78 is 39.4. The zero-order valence-corrected chi connectivity index (χ0v) is 8.50. The molecule has 0 bridgehead atoms. The molecular formula is C9H12F3N3O. The maximum absolute atomic E-state index is 11.7. The minimum absolute atomic E-state index is 0.0184. The van der Waals surface area contributed by atoms with Crippen molar-refractivity contribution in [3.63, 3.8) is 0 Å². The molecule has 0 saturated carbocycles. The van der Waals surface area contributed by atoms with E-state index in [0.29, 0.717) is 13.1 Å². The van der Waals surface area contributed by atoms with Gasteiger partial charge in [-0.05, 0) is 6.07 Å². The van der Waals surface area contributed by atoms with Gasteiger partial charge in [0.2, 0.25) is 0 Å². The average molecular weight is 235 g/mol. The Morgan fingerprint density at radius 2 is 2.19 bits per heavy atom. The lowest BCUT2D eigenvalue weighted by Crippen LogP contribution is -2.23. The summed E-state index contributed by atoms with van der Waals surface area (Å²) in [5.74, 6) is 0. The van der Waals surface area contributed by atoms with E-state index >= 15 is 0 Å². The molecule has 1 aromatic heterocycles. The first-order valence-electron chi connectivity index (χ1n) is 4.68. The van der Waals surface area contributed by atoms with Gasteiger partial charge in [0.15, 0.2) is 0 Å². The van der Waals surface area contributed by atoms with Crippen LogP contribution >= 0.6 is 0 Å². The van der Waals surface area contributed by atoms with E-state index in [1.165, 1.54) is 6.33 Å². The fraction of sp³-hybridized carbons (Fsp3) is 0.556. The number of rotatable bonds is 6. The normalized spacial score (nSPS) is 11.7. The molecular weight excluding hydrogens is 223 g/mol. The van der Waals surface area contributed by atoms with Crippen molar-refractivity contribution in [2.45, 2.75) is 12.7 Å². The van der Waals surface area contributed by atoms with E-state index in [2.05, 4.69) is 20.0 Å². The lowest BCUT2D eigenvalue weighted by Gasteiger charge is -2.08. The number of hydrogen-bond donors (Lipinski definition) is 1. The third-order valence-electron chi connectivity index (χ3n) is 1.64. The Morgan fingerprint density at radius 3 is 2.81 bits per heavy atom. The smallest absolute Gasteiger partial charge is 0.371 e. The van der Waals surface area contributed by atoms with Crippen LogP contribution in [0.5, 0.6) is 0 Å². The third kappa shape index (κ3) is 6.31. The molecule has 0 aromatic carbocycles. The van der Waals surface area contributed by atoms with Crippen LogP contribution in [0.4, 0.5) is 13.2 Å². The van der Waals surface area contributed by atoms with Crippen LogP contribution in [-0.2, 0) is 11.3 Å². The second-order valence-electron chi connectivity index (χ2n) is 3.05. The average Bonchev–Trinajstić information content (AvgIpc) is 2.23. The monoisotopic (exact) mass is 235 g/mol. The number of aromatic nitrogens is 2. The van der Waals surface area contributed by atoms with Gasteiger partial charge in [0, 0.05) is 19.3 Å². The minimum Gasteiger partial charge on any atom is -0.371 e. The van der Waals surface area contributed by atoms with Gasteiger partial charge in [-0.3, -0.25) is 0 Å². The second-order valence-corrected chi connectivity index (χ2v) is 3.05. The number of nitrogens with zero attached hydrogens (tertiary/aromatic N) is 2. The summed E-state index contributed by atoms with van der Waals surface area (Å²) in [6.45, 7) is -0.356. The van der Waals surface area contributed by atoms with Crippen LogP contribution in [0.25, 0.3) is 0 Å². The topological polar surface area (TPSA) is 47.0 Å². The molecule has 0 spiro atoms. The molecule has 0 radical (unpaired) electrons. The highest BCUT2D eigenvalue weighted by atomic mass is 19.4. The molecule has 16 heavy (non-hydrogen) atoms. The molecule has 0 aliphatic rings. The Balaban J connectivity index is 2.01. The maximum Gasteiger partial charge on any atom is 0.411 e. The van der Waals surface area contributed by atoms with E-state index in [-0.39, 0.29) is 6.61 Å². The molecule has 0 atom stereocenters. The highest BCUT2D eigenvalue weighted by Crippen LogP contribution is 2.13. The third-order valence-corrected chi connectivity index (χ3v) is 1.64. The van der Waals surface area contributed by atoms with Gasteiger partial charge in [-0.1, -0.05) is 0 Å². The fourth-order valence-electron chi connectivity index (χ4n) is 0.971. The van der Waals surface area contributed by atoms with Gasteiger partial charge in [-0.2, -0.15) is 13.2 Å². The number of ether oxygens (including phenoxy) is 1. The van der Waals surface area contributed by atoms with Gasteiger partial charge in [0.05, 0.1) is 12.3 Å².